The number of nitrogens with one attached hydrogen (secondary N) is 2. The highest BCUT2D eigenvalue weighted by Crippen LogP contribution is 2.31. The van der Waals surface area contributed by atoms with Gasteiger partial charge in [-0.2, -0.15) is 5.10 Å². The van der Waals surface area contributed by atoms with E-state index in [1.165, 1.54) is 0 Å². The molecule has 10 nitrogen and oxygen atoms in total. The number of rotatable bonds is 5. The normalized spacial score (nSPS) is 28.1. The summed E-state index contributed by atoms with van der Waals surface area (Å²) < 4.78 is 11.9. The van der Waals surface area contributed by atoms with E-state index in [1.54, 1.807) is 12.3 Å². The Bertz CT molecular complexity index is 900. The molecule has 3 aliphatic heterocycles. The van der Waals surface area contributed by atoms with E-state index in [0.29, 0.717) is 5.69 Å². The first-order valence-electron chi connectivity index (χ1n) is 11.0. The van der Waals surface area contributed by atoms with Crippen molar-refractivity contribution in [2.75, 3.05) is 36.0 Å². The molecule has 3 saturated heterocycles. The van der Waals surface area contributed by atoms with Crippen molar-refractivity contribution >= 4 is 17.4 Å². The highest BCUT2D eigenvalue weighted by Gasteiger charge is 2.35. The Labute approximate surface area is 181 Å². The van der Waals surface area contributed by atoms with Crippen LogP contribution in [0.3, 0.4) is 0 Å². The quantitative estimate of drug-likeness (QED) is 0.731. The van der Waals surface area contributed by atoms with Gasteiger partial charge in [-0.15, -0.1) is 10.2 Å². The van der Waals surface area contributed by atoms with Crippen molar-refractivity contribution < 1.29 is 14.3 Å². The molecule has 5 rings (SSSR count). The van der Waals surface area contributed by atoms with Gasteiger partial charge in [-0.25, -0.2) is 0 Å². The summed E-state index contributed by atoms with van der Waals surface area (Å²) in [5, 5.41) is 18.5. The van der Waals surface area contributed by atoms with E-state index in [4.69, 9.17) is 9.47 Å². The van der Waals surface area contributed by atoms with E-state index in [1.807, 2.05) is 0 Å². The van der Waals surface area contributed by atoms with Crippen molar-refractivity contribution in [1.82, 2.24) is 25.7 Å². The molecule has 5 heterocycles. The Morgan fingerprint density at radius 1 is 1.10 bits per heavy atom. The molecule has 1 amide bonds. The fourth-order valence-electron chi connectivity index (χ4n) is 4.77. The van der Waals surface area contributed by atoms with Crippen LogP contribution in [0.2, 0.25) is 0 Å². The number of aromatic amines is 1. The summed E-state index contributed by atoms with van der Waals surface area (Å²) in [5.74, 6) is 0.647. The van der Waals surface area contributed by atoms with Gasteiger partial charge in [0.15, 0.2) is 5.82 Å². The van der Waals surface area contributed by atoms with Crippen LogP contribution in [0, 0.1) is 0 Å². The minimum absolute atomic E-state index is 0.118. The predicted octanol–water partition coefficient (Wildman–Crippen LogP) is 1.11. The Kier molecular flexibility index (Phi) is 5.49. The number of amides is 1. The summed E-state index contributed by atoms with van der Waals surface area (Å²) in [6.45, 7) is 7.67. The number of hydrogen-bond donors (Lipinski definition) is 2. The minimum atomic E-state index is -0.220. The lowest BCUT2D eigenvalue weighted by molar-refractivity contribution is -0.00530. The Morgan fingerprint density at radius 3 is 2.52 bits per heavy atom. The number of anilines is 2. The summed E-state index contributed by atoms with van der Waals surface area (Å²) in [7, 11) is 0. The van der Waals surface area contributed by atoms with Crippen LogP contribution in [0.1, 0.15) is 42.9 Å². The van der Waals surface area contributed by atoms with Crippen LogP contribution >= 0.6 is 0 Å². The maximum absolute atomic E-state index is 12.4. The first-order chi connectivity index (χ1) is 15.0. The molecule has 2 aromatic heterocycles. The van der Waals surface area contributed by atoms with Crippen molar-refractivity contribution in [2.24, 2.45) is 0 Å². The highest BCUT2D eigenvalue weighted by atomic mass is 16.5. The number of morpholine rings is 2. The zero-order valence-corrected chi connectivity index (χ0v) is 18.0. The average Bonchev–Trinajstić information content (AvgIpc) is 3.41. The van der Waals surface area contributed by atoms with E-state index < -0.39 is 0 Å². The molecule has 3 fully saturated rings. The number of ether oxygens (including phenoxy) is 2. The van der Waals surface area contributed by atoms with E-state index in [9.17, 15) is 4.79 Å². The number of carbonyl (C=O) groups is 1. The molecule has 2 unspecified atom stereocenters. The maximum atomic E-state index is 12.4. The number of fused-ring (bicyclic) bond motifs is 2. The third-order valence-corrected chi connectivity index (χ3v) is 6.12. The molecular formula is C21H29N7O3. The van der Waals surface area contributed by atoms with Crippen molar-refractivity contribution in [3.8, 4) is 0 Å². The Hall–Kier alpha value is -2.72. The summed E-state index contributed by atoms with van der Waals surface area (Å²) >= 11 is 0. The molecule has 2 aromatic rings. The number of carbonyl (C=O) groups excluding carboxylic acids is 1. The van der Waals surface area contributed by atoms with Gasteiger partial charge in [0.2, 0.25) is 0 Å². The molecule has 0 saturated carbocycles. The minimum Gasteiger partial charge on any atom is -0.372 e. The highest BCUT2D eigenvalue weighted by molar-refractivity contribution is 5.92. The van der Waals surface area contributed by atoms with Crippen molar-refractivity contribution in [3.63, 3.8) is 0 Å². The van der Waals surface area contributed by atoms with Crippen molar-refractivity contribution in [1.29, 1.82) is 0 Å². The van der Waals surface area contributed by atoms with Crippen LogP contribution in [-0.4, -0.2) is 76.9 Å². The van der Waals surface area contributed by atoms with Crippen LogP contribution < -0.4 is 15.1 Å². The van der Waals surface area contributed by atoms with Crippen LogP contribution in [0.4, 0.5) is 11.5 Å². The molecule has 31 heavy (non-hydrogen) atoms. The second kappa shape index (κ2) is 8.43. The maximum Gasteiger partial charge on any atom is 0.269 e. The fraction of sp³-hybridized carbons (Fsp3) is 0.619. The van der Waals surface area contributed by atoms with Crippen molar-refractivity contribution in [3.05, 3.63) is 29.7 Å². The lowest BCUT2D eigenvalue weighted by Crippen LogP contribution is -2.46. The molecule has 2 N–H and O–H groups in total. The molecule has 0 aromatic carbocycles. The van der Waals surface area contributed by atoms with Gasteiger partial charge < -0.3 is 24.6 Å². The molecule has 166 valence electrons. The van der Waals surface area contributed by atoms with E-state index in [2.05, 4.69) is 55.4 Å². The smallest absolute Gasteiger partial charge is 0.269 e. The standard InChI is InChI=1S/C21H29N7O3/c1-13-9-27(10-14(2)30-13)19-7-20(28-11-15-3-4-16(12-28)31-15)26-25-18(19)8-22-21(29)17-5-6-23-24-17/h5-7,13-16H,3-4,8-12H2,1-2H3,(H,22,29)(H,23,24)/t13-,14+,15?,16?. The summed E-state index contributed by atoms with van der Waals surface area (Å²) in [5.41, 5.74) is 2.16. The molecule has 2 bridgehead atoms. The SMILES string of the molecule is C[C@@H]1CN(c2cc(N3CC4CCC(C3)O4)nnc2CNC(=O)c2ccn[nH]2)C[C@H](C)O1. The van der Waals surface area contributed by atoms with Gasteiger partial charge in [-0.1, -0.05) is 0 Å². The molecule has 4 atom stereocenters. The van der Waals surface area contributed by atoms with Gasteiger partial charge in [0.25, 0.3) is 5.91 Å². The second-order valence-corrected chi connectivity index (χ2v) is 8.71. The zero-order chi connectivity index (χ0) is 21.4. The number of nitrogens with zero attached hydrogens (tertiary/aromatic N) is 5. The van der Waals surface area contributed by atoms with Crippen LogP contribution in [-0.2, 0) is 16.0 Å². The first-order valence-corrected chi connectivity index (χ1v) is 11.0. The lowest BCUT2D eigenvalue weighted by Gasteiger charge is -2.38. The fourth-order valence-corrected chi connectivity index (χ4v) is 4.77. The zero-order valence-electron chi connectivity index (χ0n) is 18.0. The third-order valence-electron chi connectivity index (χ3n) is 6.12. The molecule has 3 aliphatic rings. The third kappa shape index (κ3) is 4.35. The van der Waals surface area contributed by atoms with Crippen LogP contribution in [0.15, 0.2) is 18.3 Å². The molecular weight excluding hydrogens is 398 g/mol. The van der Waals surface area contributed by atoms with E-state index >= 15 is 0 Å². The molecule has 0 aliphatic carbocycles. The van der Waals surface area contributed by atoms with Gasteiger partial charge in [-0.05, 0) is 32.8 Å². The monoisotopic (exact) mass is 427 g/mol. The number of hydrogen-bond acceptors (Lipinski definition) is 8. The molecule has 10 heteroatoms. The first kappa shape index (κ1) is 20.2. The van der Waals surface area contributed by atoms with Gasteiger partial charge in [-0.3, -0.25) is 9.89 Å². The van der Waals surface area contributed by atoms with E-state index in [0.717, 1.165) is 56.2 Å². The van der Waals surface area contributed by atoms with Crippen LogP contribution in [0.25, 0.3) is 0 Å². The predicted molar refractivity (Wildman–Crippen MR) is 114 cm³/mol. The Morgan fingerprint density at radius 2 is 1.84 bits per heavy atom. The number of H-pyrrole nitrogens is 1. The molecule has 0 spiro atoms. The Balaban J connectivity index is 1.40. The topological polar surface area (TPSA) is 109 Å². The van der Waals surface area contributed by atoms with Crippen molar-refractivity contribution in [2.45, 2.75) is 57.6 Å². The molecule has 0 radical (unpaired) electrons. The lowest BCUT2D eigenvalue weighted by atomic mass is 10.1. The number of aromatic nitrogens is 4. The van der Waals surface area contributed by atoms with Crippen LogP contribution in [0.5, 0.6) is 0 Å². The summed E-state index contributed by atoms with van der Waals surface area (Å²) in [6, 6.07) is 3.75. The summed E-state index contributed by atoms with van der Waals surface area (Å²) in [4.78, 5) is 17.0. The largest absolute Gasteiger partial charge is 0.372 e. The summed E-state index contributed by atoms with van der Waals surface area (Å²) in [6.07, 6.45) is 4.57. The second-order valence-electron chi connectivity index (χ2n) is 8.71. The van der Waals surface area contributed by atoms with Gasteiger partial charge in [0.1, 0.15) is 11.4 Å². The van der Waals surface area contributed by atoms with Gasteiger partial charge in [0.05, 0.1) is 36.6 Å². The van der Waals surface area contributed by atoms with Gasteiger partial charge in [0, 0.05) is 38.4 Å². The average molecular weight is 428 g/mol. The van der Waals surface area contributed by atoms with Gasteiger partial charge >= 0.3 is 0 Å². The van der Waals surface area contributed by atoms with E-state index in [-0.39, 0.29) is 36.9 Å².